The highest BCUT2D eigenvalue weighted by atomic mass is 32.1. The first-order chi connectivity index (χ1) is 11.6. The molecule has 0 aliphatic rings. The van der Waals surface area contributed by atoms with E-state index in [-0.39, 0.29) is 17.6 Å². The van der Waals surface area contributed by atoms with Crippen molar-refractivity contribution in [2.75, 3.05) is 5.32 Å². The van der Waals surface area contributed by atoms with Crippen LogP contribution < -0.4 is 10.6 Å². The Balaban J connectivity index is 1.63. The molecule has 0 aliphatic heterocycles. The standard InChI is InChI=1S/C17H15N3O3S/c1-11-18-9-14(24-11)10-19-16(21)12-4-2-5-13(8-12)20-17(22)15-6-3-7-23-15/h2-9H,10H2,1H3,(H,19,21)(H,20,22). The highest BCUT2D eigenvalue weighted by Crippen LogP contribution is 2.14. The SMILES string of the molecule is Cc1ncc(CNC(=O)c2cccc(NC(=O)c3ccco3)c2)s1. The van der Waals surface area contributed by atoms with Gasteiger partial charge in [0.25, 0.3) is 11.8 Å². The van der Waals surface area contributed by atoms with Gasteiger partial charge in [-0.2, -0.15) is 0 Å². The van der Waals surface area contributed by atoms with Gasteiger partial charge in [-0.25, -0.2) is 4.98 Å². The second-order valence-corrected chi connectivity index (χ2v) is 6.36. The van der Waals surface area contributed by atoms with Crippen LogP contribution in [0.3, 0.4) is 0 Å². The lowest BCUT2D eigenvalue weighted by molar-refractivity contribution is 0.0949. The summed E-state index contributed by atoms with van der Waals surface area (Å²) in [7, 11) is 0. The number of benzene rings is 1. The summed E-state index contributed by atoms with van der Waals surface area (Å²) in [4.78, 5) is 29.3. The molecule has 122 valence electrons. The fraction of sp³-hybridized carbons (Fsp3) is 0.118. The van der Waals surface area contributed by atoms with E-state index < -0.39 is 0 Å². The lowest BCUT2D eigenvalue weighted by Gasteiger charge is -2.07. The van der Waals surface area contributed by atoms with E-state index in [0.717, 1.165) is 9.88 Å². The Hall–Kier alpha value is -2.93. The molecule has 0 radical (unpaired) electrons. The number of aromatic nitrogens is 1. The van der Waals surface area contributed by atoms with Gasteiger partial charge in [0.15, 0.2) is 5.76 Å². The number of rotatable bonds is 5. The summed E-state index contributed by atoms with van der Waals surface area (Å²) >= 11 is 1.54. The Morgan fingerprint density at radius 1 is 1.21 bits per heavy atom. The van der Waals surface area contributed by atoms with E-state index in [1.165, 1.54) is 6.26 Å². The molecule has 0 saturated carbocycles. The predicted octanol–water partition coefficient (Wildman–Crippen LogP) is 3.23. The van der Waals surface area contributed by atoms with Crippen LogP contribution in [-0.4, -0.2) is 16.8 Å². The van der Waals surface area contributed by atoms with Gasteiger partial charge in [0.05, 0.1) is 17.8 Å². The largest absolute Gasteiger partial charge is 0.459 e. The van der Waals surface area contributed by atoms with Crippen LogP contribution in [0.1, 0.15) is 30.8 Å². The van der Waals surface area contributed by atoms with Crippen LogP contribution in [0, 0.1) is 6.92 Å². The third kappa shape index (κ3) is 3.88. The number of aryl methyl sites for hydroxylation is 1. The van der Waals surface area contributed by atoms with E-state index in [1.807, 2.05) is 6.92 Å². The van der Waals surface area contributed by atoms with Crippen molar-refractivity contribution in [1.82, 2.24) is 10.3 Å². The number of thiazole rings is 1. The number of hydrogen-bond donors (Lipinski definition) is 2. The maximum atomic E-state index is 12.2. The topological polar surface area (TPSA) is 84.2 Å². The molecule has 2 amide bonds. The molecule has 2 aromatic heterocycles. The molecule has 1 aromatic carbocycles. The van der Waals surface area contributed by atoms with Gasteiger partial charge in [0.1, 0.15) is 0 Å². The van der Waals surface area contributed by atoms with E-state index in [2.05, 4.69) is 15.6 Å². The number of amides is 2. The number of carbonyl (C=O) groups is 2. The normalized spacial score (nSPS) is 10.4. The van der Waals surface area contributed by atoms with Crippen LogP contribution in [0.5, 0.6) is 0 Å². The van der Waals surface area contributed by atoms with Gasteiger partial charge in [-0.1, -0.05) is 6.07 Å². The van der Waals surface area contributed by atoms with E-state index in [9.17, 15) is 9.59 Å². The molecule has 2 heterocycles. The molecule has 2 N–H and O–H groups in total. The smallest absolute Gasteiger partial charge is 0.291 e. The van der Waals surface area contributed by atoms with E-state index in [0.29, 0.717) is 17.8 Å². The van der Waals surface area contributed by atoms with Crippen LogP contribution in [0.25, 0.3) is 0 Å². The minimum absolute atomic E-state index is 0.213. The molecule has 3 rings (SSSR count). The zero-order chi connectivity index (χ0) is 16.9. The lowest BCUT2D eigenvalue weighted by Crippen LogP contribution is -2.22. The van der Waals surface area contributed by atoms with E-state index in [1.54, 1.807) is 53.9 Å². The third-order valence-corrected chi connectivity index (χ3v) is 4.13. The summed E-state index contributed by atoms with van der Waals surface area (Å²) in [5, 5.41) is 6.49. The molecule has 0 fully saturated rings. The summed E-state index contributed by atoms with van der Waals surface area (Å²) in [5.41, 5.74) is 0.992. The first kappa shape index (κ1) is 15.9. The molecule has 0 unspecified atom stereocenters. The van der Waals surface area contributed by atoms with E-state index in [4.69, 9.17) is 4.42 Å². The van der Waals surface area contributed by atoms with Gasteiger partial charge in [-0.05, 0) is 37.3 Å². The average Bonchev–Trinajstić information content (AvgIpc) is 3.24. The number of hydrogen-bond acceptors (Lipinski definition) is 5. The predicted molar refractivity (Wildman–Crippen MR) is 91.1 cm³/mol. The van der Waals surface area contributed by atoms with Gasteiger partial charge in [-0.15, -0.1) is 11.3 Å². The van der Waals surface area contributed by atoms with Crippen LogP contribution in [0.2, 0.25) is 0 Å². The van der Waals surface area contributed by atoms with Crippen molar-refractivity contribution in [1.29, 1.82) is 0 Å². The molecule has 3 aromatic rings. The van der Waals surface area contributed by atoms with Crippen molar-refractivity contribution in [2.24, 2.45) is 0 Å². The zero-order valence-corrected chi connectivity index (χ0v) is 13.7. The number of nitrogens with one attached hydrogen (secondary N) is 2. The molecule has 6 nitrogen and oxygen atoms in total. The summed E-state index contributed by atoms with van der Waals surface area (Å²) < 4.78 is 5.04. The molecule has 0 saturated heterocycles. The molecule has 24 heavy (non-hydrogen) atoms. The Labute approximate surface area is 142 Å². The van der Waals surface area contributed by atoms with Gasteiger partial charge in [0, 0.05) is 22.3 Å². The van der Waals surface area contributed by atoms with E-state index >= 15 is 0 Å². The van der Waals surface area contributed by atoms with Crippen LogP contribution in [-0.2, 0) is 6.54 Å². The molecule has 0 bridgehead atoms. The number of anilines is 1. The molecule has 0 spiro atoms. The Morgan fingerprint density at radius 3 is 2.79 bits per heavy atom. The quantitative estimate of drug-likeness (QED) is 0.746. The minimum atomic E-state index is -0.363. The molecular weight excluding hydrogens is 326 g/mol. The van der Waals surface area contributed by atoms with Crippen molar-refractivity contribution >= 4 is 28.8 Å². The van der Waals surface area contributed by atoms with Crippen LogP contribution in [0.15, 0.2) is 53.3 Å². The average molecular weight is 341 g/mol. The van der Waals surface area contributed by atoms with Gasteiger partial charge < -0.3 is 15.1 Å². The van der Waals surface area contributed by atoms with Crippen molar-refractivity contribution < 1.29 is 14.0 Å². The minimum Gasteiger partial charge on any atom is -0.459 e. The van der Waals surface area contributed by atoms with Crippen molar-refractivity contribution in [2.45, 2.75) is 13.5 Å². The third-order valence-electron chi connectivity index (χ3n) is 3.22. The summed E-state index contributed by atoms with van der Waals surface area (Å²) in [6.45, 7) is 2.34. The lowest BCUT2D eigenvalue weighted by atomic mass is 10.2. The van der Waals surface area contributed by atoms with Crippen molar-refractivity contribution in [3.05, 3.63) is 70.1 Å². The fourth-order valence-electron chi connectivity index (χ4n) is 2.10. The Morgan fingerprint density at radius 2 is 2.08 bits per heavy atom. The Bertz CT molecular complexity index is 856. The first-order valence-corrected chi connectivity index (χ1v) is 8.08. The first-order valence-electron chi connectivity index (χ1n) is 7.26. The highest BCUT2D eigenvalue weighted by Gasteiger charge is 2.11. The molecule has 7 heteroatoms. The Kier molecular flexibility index (Phi) is 4.72. The summed E-state index contributed by atoms with van der Waals surface area (Å²) in [6, 6.07) is 9.94. The molecular formula is C17H15N3O3S. The highest BCUT2D eigenvalue weighted by molar-refractivity contribution is 7.11. The summed E-state index contributed by atoms with van der Waals surface area (Å²) in [5.74, 6) is -0.363. The van der Waals surface area contributed by atoms with Crippen LogP contribution >= 0.6 is 11.3 Å². The number of furan rings is 1. The van der Waals surface area contributed by atoms with Crippen molar-refractivity contribution in [3.8, 4) is 0 Å². The summed E-state index contributed by atoms with van der Waals surface area (Å²) in [6.07, 6.45) is 3.18. The molecule has 0 aliphatic carbocycles. The van der Waals surface area contributed by atoms with Crippen LogP contribution in [0.4, 0.5) is 5.69 Å². The second kappa shape index (κ2) is 7.10. The molecule has 0 atom stereocenters. The van der Waals surface area contributed by atoms with Crippen molar-refractivity contribution in [3.63, 3.8) is 0 Å². The fourth-order valence-corrected chi connectivity index (χ4v) is 2.83. The van der Waals surface area contributed by atoms with Gasteiger partial charge >= 0.3 is 0 Å². The maximum absolute atomic E-state index is 12.2. The monoisotopic (exact) mass is 341 g/mol. The van der Waals surface area contributed by atoms with Gasteiger partial charge in [0.2, 0.25) is 0 Å². The van der Waals surface area contributed by atoms with Gasteiger partial charge in [-0.3, -0.25) is 9.59 Å². The zero-order valence-electron chi connectivity index (χ0n) is 12.9. The second-order valence-electron chi connectivity index (χ2n) is 5.04. The number of nitrogens with zero attached hydrogens (tertiary/aromatic N) is 1. The maximum Gasteiger partial charge on any atom is 0.291 e. The number of carbonyl (C=O) groups excluding carboxylic acids is 2.